The minimum absolute atomic E-state index is 0.138. The number of hydrogen-bond acceptors (Lipinski definition) is 3. The summed E-state index contributed by atoms with van der Waals surface area (Å²) < 4.78 is 39.6. The third-order valence-corrected chi connectivity index (χ3v) is 5.17. The molecule has 0 aliphatic heterocycles. The summed E-state index contributed by atoms with van der Waals surface area (Å²) in [4.78, 5) is 4.44. The lowest BCUT2D eigenvalue weighted by Crippen LogP contribution is -2.28. The number of halogens is 4. The van der Waals surface area contributed by atoms with Gasteiger partial charge in [-0.1, -0.05) is 23.7 Å². The molecule has 3 aromatic rings. The molecule has 1 aliphatic carbocycles. The molecule has 0 amide bonds. The van der Waals surface area contributed by atoms with Crippen molar-refractivity contribution in [3.8, 4) is 6.07 Å². The van der Waals surface area contributed by atoms with Gasteiger partial charge >= 0.3 is 6.18 Å². The summed E-state index contributed by atoms with van der Waals surface area (Å²) in [6.07, 6.45) is -3.95. The first-order valence-electron chi connectivity index (χ1n) is 8.27. The summed E-state index contributed by atoms with van der Waals surface area (Å²) in [6.45, 7) is 0. The van der Waals surface area contributed by atoms with Crippen molar-refractivity contribution in [1.82, 2.24) is 4.98 Å². The molecule has 27 heavy (non-hydrogen) atoms. The number of benzene rings is 2. The fourth-order valence-electron chi connectivity index (χ4n) is 3.21. The van der Waals surface area contributed by atoms with E-state index in [1.54, 1.807) is 36.4 Å². The smallest absolute Gasteiger partial charge is 0.340 e. The molecule has 0 spiro atoms. The molecule has 4 rings (SSSR count). The van der Waals surface area contributed by atoms with Gasteiger partial charge in [-0.25, -0.2) is 4.98 Å². The summed E-state index contributed by atoms with van der Waals surface area (Å²) in [5.74, 6) is 0.513. The van der Waals surface area contributed by atoms with E-state index in [4.69, 9.17) is 16.9 Å². The highest BCUT2D eigenvalue weighted by molar-refractivity contribution is 6.35. The fraction of sp³-hybridized carbons (Fsp3) is 0.200. The number of nitriles is 1. The average Bonchev–Trinajstić information content (AvgIpc) is 3.44. The maximum atomic E-state index is 13.2. The number of rotatable bonds is 3. The minimum Gasteiger partial charge on any atom is -0.340 e. The highest BCUT2D eigenvalue weighted by Gasteiger charge is 2.64. The van der Waals surface area contributed by atoms with Crippen molar-refractivity contribution in [3.63, 3.8) is 0 Å². The van der Waals surface area contributed by atoms with E-state index in [1.807, 2.05) is 6.07 Å². The van der Waals surface area contributed by atoms with Crippen molar-refractivity contribution in [2.24, 2.45) is 0 Å². The zero-order valence-electron chi connectivity index (χ0n) is 13.9. The quantitative estimate of drug-likeness (QED) is 0.591. The van der Waals surface area contributed by atoms with E-state index in [1.165, 1.54) is 12.1 Å². The Hall–Kier alpha value is -2.78. The number of nitrogens with one attached hydrogen (secondary N) is 1. The normalized spacial score (nSPS) is 15.4. The van der Waals surface area contributed by atoms with Crippen molar-refractivity contribution in [1.29, 1.82) is 5.26 Å². The van der Waals surface area contributed by atoms with Gasteiger partial charge < -0.3 is 5.32 Å². The molecule has 0 unspecified atom stereocenters. The summed E-state index contributed by atoms with van der Waals surface area (Å²) in [7, 11) is 0. The van der Waals surface area contributed by atoms with Crippen LogP contribution < -0.4 is 5.32 Å². The molecule has 1 heterocycles. The predicted molar refractivity (Wildman–Crippen MR) is 98.2 cm³/mol. The van der Waals surface area contributed by atoms with Gasteiger partial charge in [0.25, 0.3) is 0 Å². The van der Waals surface area contributed by atoms with Gasteiger partial charge in [0, 0.05) is 11.1 Å². The van der Waals surface area contributed by atoms with Gasteiger partial charge in [0.05, 0.1) is 27.6 Å². The molecule has 0 atom stereocenters. The summed E-state index contributed by atoms with van der Waals surface area (Å²) in [6, 6.07) is 15.0. The van der Waals surface area contributed by atoms with E-state index in [9.17, 15) is 13.2 Å². The van der Waals surface area contributed by atoms with Crippen LogP contribution in [-0.2, 0) is 5.41 Å². The number of fused-ring (bicyclic) bond motifs is 1. The molecule has 1 saturated carbocycles. The first kappa shape index (κ1) is 17.6. The van der Waals surface area contributed by atoms with Gasteiger partial charge in [0.2, 0.25) is 0 Å². The zero-order valence-corrected chi connectivity index (χ0v) is 14.7. The molecule has 3 nitrogen and oxygen atoms in total. The number of pyridine rings is 1. The minimum atomic E-state index is -4.22. The van der Waals surface area contributed by atoms with Crippen molar-refractivity contribution in [2.75, 3.05) is 5.32 Å². The molecule has 1 aliphatic rings. The molecule has 2 aromatic carbocycles. The van der Waals surface area contributed by atoms with Gasteiger partial charge in [-0.05, 0) is 54.8 Å². The number of nitrogens with zero attached hydrogens (tertiary/aromatic N) is 2. The molecule has 1 fully saturated rings. The Bertz CT molecular complexity index is 1060. The molecular weight excluding hydrogens is 375 g/mol. The van der Waals surface area contributed by atoms with Gasteiger partial charge in [0.1, 0.15) is 5.82 Å². The Morgan fingerprint density at radius 2 is 1.78 bits per heavy atom. The van der Waals surface area contributed by atoms with Gasteiger partial charge in [-0.2, -0.15) is 18.4 Å². The highest BCUT2D eigenvalue weighted by Crippen LogP contribution is 2.58. The molecule has 136 valence electrons. The SMILES string of the molecule is N#Cc1cc(Cl)c2nc(Nc3ccc(C4(C(F)(F)F)CC4)cc3)ccc2c1. The van der Waals surface area contributed by atoms with E-state index in [-0.39, 0.29) is 12.8 Å². The number of hydrogen-bond donors (Lipinski definition) is 1. The van der Waals surface area contributed by atoms with Crippen LogP contribution in [0, 0.1) is 11.3 Å². The van der Waals surface area contributed by atoms with Crippen molar-refractivity contribution >= 4 is 34.0 Å². The second-order valence-corrected chi connectivity index (χ2v) is 7.03. The first-order chi connectivity index (χ1) is 12.8. The average molecular weight is 388 g/mol. The van der Waals surface area contributed by atoms with Gasteiger partial charge in [-0.15, -0.1) is 0 Å². The van der Waals surface area contributed by atoms with Crippen LogP contribution in [0.25, 0.3) is 10.9 Å². The standard InChI is InChI=1S/C20H13ClF3N3/c21-16-10-12(11-25)9-13-1-6-17(27-18(13)16)26-15-4-2-14(3-5-15)19(7-8-19)20(22,23)24/h1-6,9-10H,7-8H2,(H,26,27). The third kappa shape index (κ3) is 3.08. The molecular formula is C20H13ClF3N3. The van der Waals surface area contributed by atoms with Crippen LogP contribution in [0.4, 0.5) is 24.7 Å². The lowest BCUT2D eigenvalue weighted by Gasteiger charge is -2.20. The van der Waals surface area contributed by atoms with E-state index < -0.39 is 11.6 Å². The van der Waals surface area contributed by atoms with Crippen LogP contribution in [0.15, 0.2) is 48.5 Å². The highest BCUT2D eigenvalue weighted by atomic mass is 35.5. The van der Waals surface area contributed by atoms with E-state index >= 15 is 0 Å². The summed E-state index contributed by atoms with van der Waals surface area (Å²) >= 11 is 6.19. The van der Waals surface area contributed by atoms with Gasteiger partial charge in [-0.3, -0.25) is 0 Å². The molecule has 7 heteroatoms. The lowest BCUT2D eigenvalue weighted by atomic mass is 9.95. The topological polar surface area (TPSA) is 48.7 Å². The largest absolute Gasteiger partial charge is 0.398 e. The molecule has 0 radical (unpaired) electrons. The number of aromatic nitrogens is 1. The number of anilines is 2. The molecule has 1 N–H and O–H groups in total. The van der Waals surface area contributed by atoms with Crippen LogP contribution in [0.3, 0.4) is 0 Å². The van der Waals surface area contributed by atoms with E-state index in [0.717, 1.165) is 5.39 Å². The Kier molecular flexibility index (Phi) is 4.01. The third-order valence-electron chi connectivity index (χ3n) is 4.88. The van der Waals surface area contributed by atoms with Crippen LogP contribution >= 0.6 is 11.6 Å². The fourth-order valence-corrected chi connectivity index (χ4v) is 3.48. The van der Waals surface area contributed by atoms with Crippen molar-refractivity contribution in [3.05, 3.63) is 64.7 Å². The molecule has 0 saturated heterocycles. The Morgan fingerprint density at radius 1 is 1.07 bits per heavy atom. The molecule has 1 aromatic heterocycles. The van der Waals surface area contributed by atoms with Crippen LogP contribution in [-0.4, -0.2) is 11.2 Å². The first-order valence-corrected chi connectivity index (χ1v) is 8.65. The summed E-state index contributed by atoms with van der Waals surface area (Å²) in [5.41, 5.74) is 0.238. The maximum Gasteiger partial charge on any atom is 0.398 e. The second-order valence-electron chi connectivity index (χ2n) is 6.62. The molecule has 0 bridgehead atoms. The maximum absolute atomic E-state index is 13.2. The Morgan fingerprint density at radius 3 is 2.37 bits per heavy atom. The predicted octanol–water partition coefficient (Wildman–Crippen LogP) is 6.10. The Balaban J connectivity index is 1.60. The monoisotopic (exact) mass is 387 g/mol. The van der Waals surface area contributed by atoms with E-state index in [0.29, 0.717) is 33.2 Å². The van der Waals surface area contributed by atoms with Crippen LogP contribution in [0.2, 0.25) is 5.02 Å². The van der Waals surface area contributed by atoms with Crippen molar-refractivity contribution in [2.45, 2.75) is 24.4 Å². The second kappa shape index (κ2) is 6.14. The number of alkyl halides is 3. The zero-order chi connectivity index (χ0) is 19.2. The van der Waals surface area contributed by atoms with E-state index in [2.05, 4.69) is 10.3 Å². The van der Waals surface area contributed by atoms with Crippen LogP contribution in [0.1, 0.15) is 24.0 Å². The van der Waals surface area contributed by atoms with Gasteiger partial charge in [0.15, 0.2) is 0 Å². The van der Waals surface area contributed by atoms with Crippen LogP contribution in [0.5, 0.6) is 0 Å². The van der Waals surface area contributed by atoms with Crippen molar-refractivity contribution < 1.29 is 13.2 Å². The lowest BCUT2D eigenvalue weighted by molar-refractivity contribution is -0.160. The summed E-state index contributed by atoms with van der Waals surface area (Å²) in [5, 5.41) is 13.2. The Labute approximate surface area is 158 Å².